The largest absolute Gasteiger partial charge is 0.396 e. The first-order chi connectivity index (χ1) is 5.00. The van der Waals surface area contributed by atoms with E-state index in [1.54, 1.807) is 6.92 Å². The minimum absolute atomic E-state index is 0.287. The molecule has 0 aliphatic carbocycles. The molecule has 1 aliphatic heterocycles. The maximum absolute atomic E-state index is 11.9. The van der Waals surface area contributed by atoms with Gasteiger partial charge in [-0.05, 0) is 6.92 Å². The number of ether oxygens (including phenoxy) is 2. The van der Waals surface area contributed by atoms with Crippen LogP contribution in [0.4, 0.5) is 13.2 Å². The minimum atomic E-state index is -4.19. The van der Waals surface area contributed by atoms with Crippen LogP contribution in [0, 0.1) is 5.92 Å². The fourth-order valence-electron chi connectivity index (χ4n) is 0.789. The molecular weight excluding hydrogens is 161 g/mol. The third-order valence-electron chi connectivity index (χ3n) is 1.53. The quantitative estimate of drug-likeness (QED) is 0.549. The summed E-state index contributed by atoms with van der Waals surface area (Å²) in [5.74, 6) is -1.46. The van der Waals surface area contributed by atoms with Crippen molar-refractivity contribution in [1.82, 2.24) is 0 Å². The zero-order valence-electron chi connectivity index (χ0n) is 6.02. The van der Waals surface area contributed by atoms with Gasteiger partial charge >= 0.3 is 6.18 Å². The van der Waals surface area contributed by atoms with Crippen LogP contribution in [-0.4, -0.2) is 25.7 Å². The second-order valence-electron chi connectivity index (χ2n) is 2.47. The third-order valence-corrected chi connectivity index (χ3v) is 1.53. The van der Waals surface area contributed by atoms with E-state index < -0.39 is 18.4 Å². The Morgan fingerprint density at radius 1 is 1.18 bits per heavy atom. The third kappa shape index (κ3) is 2.34. The Balaban J connectivity index is 2.39. The molecule has 1 rings (SSSR count). The molecule has 1 saturated heterocycles. The van der Waals surface area contributed by atoms with E-state index in [0.717, 1.165) is 0 Å². The molecule has 0 aromatic carbocycles. The zero-order chi connectivity index (χ0) is 8.48. The molecule has 0 radical (unpaired) electrons. The fraction of sp³-hybridized carbons (Fsp3) is 1.00. The summed E-state index contributed by atoms with van der Waals surface area (Å²) in [6.07, 6.45) is -4.70. The Morgan fingerprint density at radius 3 is 2.00 bits per heavy atom. The Labute approximate surface area is 62.3 Å². The van der Waals surface area contributed by atoms with Gasteiger partial charge in [-0.15, -0.1) is 0 Å². The van der Waals surface area contributed by atoms with Gasteiger partial charge in [-0.3, -0.25) is 0 Å². The van der Waals surface area contributed by atoms with Gasteiger partial charge in [-0.25, -0.2) is 0 Å². The molecule has 0 spiro atoms. The van der Waals surface area contributed by atoms with Crippen molar-refractivity contribution in [2.45, 2.75) is 19.4 Å². The Morgan fingerprint density at radius 2 is 1.64 bits per heavy atom. The highest BCUT2D eigenvalue weighted by Crippen LogP contribution is 2.29. The fourth-order valence-corrected chi connectivity index (χ4v) is 0.789. The molecule has 11 heavy (non-hydrogen) atoms. The van der Waals surface area contributed by atoms with Crippen LogP contribution >= 0.6 is 0 Å². The molecule has 0 atom stereocenters. The van der Waals surface area contributed by atoms with Gasteiger partial charge in [0.15, 0.2) is 6.29 Å². The molecule has 1 aliphatic rings. The van der Waals surface area contributed by atoms with Crippen LogP contribution in [0.3, 0.4) is 0 Å². The van der Waals surface area contributed by atoms with E-state index in [1.807, 2.05) is 0 Å². The van der Waals surface area contributed by atoms with E-state index in [0.29, 0.717) is 0 Å². The van der Waals surface area contributed by atoms with Gasteiger partial charge < -0.3 is 9.47 Å². The van der Waals surface area contributed by atoms with Gasteiger partial charge in [0.25, 0.3) is 0 Å². The maximum atomic E-state index is 11.9. The summed E-state index contributed by atoms with van der Waals surface area (Å²) < 4.78 is 45.1. The summed E-state index contributed by atoms with van der Waals surface area (Å²) >= 11 is 0. The number of rotatable bonds is 0. The van der Waals surface area contributed by atoms with Crippen LogP contribution in [0.1, 0.15) is 6.92 Å². The number of halogens is 3. The Kier molecular flexibility index (Phi) is 2.39. The van der Waals surface area contributed by atoms with Gasteiger partial charge in [0.2, 0.25) is 0 Å². The molecule has 0 bridgehead atoms. The monoisotopic (exact) mass is 170 g/mol. The molecule has 1 fully saturated rings. The van der Waals surface area contributed by atoms with Crippen molar-refractivity contribution in [3.8, 4) is 0 Å². The molecule has 0 aromatic rings. The van der Waals surface area contributed by atoms with Gasteiger partial charge in [-0.1, -0.05) is 0 Å². The molecule has 0 saturated carbocycles. The van der Waals surface area contributed by atoms with E-state index >= 15 is 0 Å². The maximum Gasteiger partial charge on any atom is 0.396 e. The number of hydrogen-bond donors (Lipinski definition) is 0. The topological polar surface area (TPSA) is 18.5 Å². The van der Waals surface area contributed by atoms with Gasteiger partial charge in [-0.2, -0.15) is 13.2 Å². The minimum Gasteiger partial charge on any atom is -0.352 e. The van der Waals surface area contributed by atoms with Crippen molar-refractivity contribution >= 4 is 0 Å². The summed E-state index contributed by atoms with van der Waals surface area (Å²) in [7, 11) is 0. The van der Waals surface area contributed by atoms with Gasteiger partial charge in [0, 0.05) is 0 Å². The first kappa shape index (κ1) is 8.80. The summed E-state index contributed by atoms with van der Waals surface area (Å²) in [6.45, 7) is 1.00. The van der Waals surface area contributed by atoms with Crippen molar-refractivity contribution in [3.05, 3.63) is 0 Å². The number of hydrogen-bond acceptors (Lipinski definition) is 2. The lowest BCUT2D eigenvalue weighted by atomic mass is 10.1. The lowest BCUT2D eigenvalue weighted by Gasteiger charge is -2.28. The van der Waals surface area contributed by atoms with E-state index in [1.165, 1.54) is 0 Å². The summed E-state index contributed by atoms with van der Waals surface area (Å²) in [4.78, 5) is 0. The highest BCUT2D eigenvalue weighted by Gasteiger charge is 2.42. The van der Waals surface area contributed by atoms with E-state index in [2.05, 4.69) is 9.47 Å². The Hall–Kier alpha value is -0.290. The van der Waals surface area contributed by atoms with Crippen molar-refractivity contribution in [3.63, 3.8) is 0 Å². The predicted molar refractivity (Wildman–Crippen MR) is 30.9 cm³/mol. The first-order valence-electron chi connectivity index (χ1n) is 3.30. The standard InChI is InChI=1S/C6H9F3O2/c1-4-10-2-5(3-11-4)6(7,8)9/h4-5H,2-3H2,1H3. The molecule has 0 amide bonds. The smallest absolute Gasteiger partial charge is 0.352 e. The van der Waals surface area contributed by atoms with Gasteiger partial charge in [0.05, 0.1) is 13.2 Å². The average molecular weight is 170 g/mol. The molecule has 0 N–H and O–H groups in total. The van der Waals surface area contributed by atoms with Crippen molar-refractivity contribution in [2.24, 2.45) is 5.92 Å². The summed E-state index contributed by atoms with van der Waals surface area (Å²) in [5, 5.41) is 0. The van der Waals surface area contributed by atoms with Crippen LogP contribution in [-0.2, 0) is 9.47 Å². The van der Waals surface area contributed by atoms with Crippen molar-refractivity contribution < 1.29 is 22.6 Å². The first-order valence-corrected chi connectivity index (χ1v) is 3.30. The second kappa shape index (κ2) is 2.98. The Bertz CT molecular complexity index is 126. The second-order valence-corrected chi connectivity index (χ2v) is 2.47. The molecular formula is C6H9F3O2. The van der Waals surface area contributed by atoms with E-state index in [4.69, 9.17) is 0 Å². The van der Waals surface area contributed by atoms with Crippen LogP contribution in [0.5, 0.6) is 0 Å². The zero-order valence-corrected chi connectivity index (χ0v) is 6.02. The SMILES string of the molecule is CC1OCC(C(F)(F)F)CO1. The summed E-state index contributed by atoms with van der Waals surface area (Å²) in [5.41, 5.74) is 0. The van der Waals surface area contributed by atoms with E-state index in [-0.39, 0.29) is 13.2 Å². The molecule has 66 valence electrons. The summed E-state index contributed by atoms with van der Waals surface area (Å²) in [6, 6.07) is 0. The predicted octanol–water partition coefficient (Wildman–Crippen LogP) is 1.56. The average Bonchev–Trinajstić information content (AvgIpc) is 1.86. The van der Waals surface area contributed by atoms with Crippen LogP contribution < -0.4 is 0 Å². The molecule has 0 unspecified atom stereocenters. The highest BCUT2D eigenvalue weighted by molar-refractivity contribution is 4.69. The van der Waals surface area contributed by atoms with Crippen LogP contribution in [0.15, 0.2) is 0 Å². The molecule has 1 heterocycles. The van der Waals surface area contributed by atoms with E-state index in [9.17, 15) is 13.2 Å². The van der Waals surface area contributed by atoms with Crippen LogP contribution in [0.25, 0.3) is 0 Å². The highest BCUT2D eigenvalue weighted by atomic mass is 19.4. The normalized spacial score (nSPS) is 33.8. The van der Waals surface area contributed by atoms with Crippen LogP contribution in [0.2, 0.25) is 0 Å². The van der Waals surface area contributed by atoms with Crippen molar-refractivity contribution in [2.75, 3.05) is 13.2 Å². The molecule has 0 aromatic heterocycles. The van der Waals surface area contributed by atoms with Crippen molar-refractivity contribution in [1.29, 1.82) is 0 Å². The molecule has 5 heteroatoms. The lowest BCUT2D eigenvalue weighted by Crippen LogP contribution is -2.38. The molecule has 2 nitrogen and oxygen atoms in total. The number of alkyl halides is 3. The van der Waals surface area contributed by atoms with Gasteiger partial charge in [0.1, 0.15) is 5.92 Å². The lowest BCUT2D eigenvalue weighted by molar-refractivity contribution is -0.267.